The Balaban J connectivity index is 2.23. The molecular formula is C11H8N2S. The van der Waals surface area contributed by atoms with E-state index in [1.807, 2.05) is 6.07 Å². The van der Waals surface area contributed by atoms with Crippen molar-refractivity contribution in [2.45, 2.75) is 0 Å². The highest BCUT2D eigenvalue weighted by Gasteiger charge is 2.00. The van der Waals surface area contributed by atoms with Crippen molar-refractivity contribution in [2.75, 3.05) is 0 Å². The Morgan fingerprint density at radius 3 is 3.00 bits per heavy atom. The van der Waals surface area contributed by atoms with Crippen molar-refractivity contribution in [3.8, 4) is 11.1 Å². The number of imidazole rings is 1. The van der Waals surface area contributed by atoms with Crippen LogP contribution in [0.25, 0.3) is 22.2 Å². The Labute approximate surface area is 85.2 Å². The molecule has 0 aliphatic heterocycles. The van der Waals surface area contributed by atoms with E-state index in [1.165, 1.54) is 11.1 Å². The minimum Gasteiger partial charge on any atom is -0.345 e. The van der Waals surface area contributed by atoms with E-state index in [0.717, 1.165) is 11.0 Å². The van der Waals surface area contributed by atoms with Crippen molar-refractivity contribution in [2.24, 2.45) is 0 Å². The van der Waals surface area contributed by atoms with E-state index in [0.29, 0.717) is 0 Å². The van der Waals surface area contributed by atoms with E-state index < -0.39 is 0 Å². The summed E-state index contributed by atoms with van der Waals surface area (Å²) in [5.74, 6) is 0. The molecule has 0 aliphatic rings. The minimum absolute atomic E-state index is 1.02. The second-order valence-corrected chi connectivity index (χ2v) is 3.93. The molecule has 0 unspecified atom stereocenters. The molecular weight excluding hydrogens is 192 g/mol. The van der Waals surface area contributed by atoms with Crippen molar-refractivity contribution in [1.82, 2.24) is 9.97 Å². The average Bonchev–Trinajstić information content (AvgIpc) is 2.88. The van der Waals surface area contributed by atoms with Gasteiger partial charge < -0.3 is 4.98 Å². The van der Waals surface area contributed by atoms with Crippen molar-refractivity contribution >= 4 is 22.4 Å². The molecule has 0 bridgehead atoms. The molecule has 1 N–H and O–H groups in total. The van der Waals surface area contributed by atoms with Gasteiger partial charge in [-0.3, -0.25) is 0 Å². The molecule has 0 saturated heterocycles. The van der Waals surface area contributed by atoms with Gasteiger partial charge in [0.2, 0.25) is 0 Å². The van der Waals surface area contributed by atoms with Gasteiger partial charge in [0.1, 0.15) is 0 Å². The number of nitrogens with one attached hydrogen (secondary N) is 1. The lowest BCUT2D eigenvalue weighted by molar-refractivity contribution is 1.34. The lowest BCUT2D eigenvalue weighted by atomic mass is 10.1. The quantitative estimate of drug-likeness (QED) is 0.641. The monoisotopic (exact) mass is 200 g/mol. The van der Waals surface area contributed by atoms with Crippen LogP contribution in [0.1, 0.15) is 0 Å². The van der Waals surface area contributed by atoms with Gasteiger partial charge in [-0.2, -0.15) is 11.3 Å². The number of thiophene rings is 1. The highest BCUT2D eigenvalue weighted by atomic mass is 32.1. The Bertz CT molecular complexity index is 551. The van der Waals surface area contributed by atoms with E-state index in [2.05, 4.69) is 38.9 Å². The number of benzene rings is 1. The van der Waals surface area contributed by atoms with Crippen LogP contribution >= 0.6 is 11.3 Å². The van der Waals surface area contributed by atoms with E-state index in [1.54, 1.807) is 17.7 Å². The standard InChI is InChI=1S/C11H8N2S/c1-2-10-11(13-7-12-10)5-8(1)9-3-4-14-6-9/h1-7H,(H,12,13). The van der Waals surface area contributed by atoms with E-state index in [-0.39, 0.29) is 0 Å². The molecule has 0 aliphatic carbocycles. The van der Waals surface area contributed by atoms with Crippen LogP contribution in [0.3, 0.4) is 0 Å². The maximum Gasteiger partial charge on any atom is 0.0931 e. The summed E-state index contributed by atoms with van der Waals surface area (Å²) in [6.45, 7) is 0. The van der Waals surface area contributed by atoms with Crippen LogP contribution in [-0.4, -0.2) is 9.97 Å². The third-order valence-electron chi connectivity index (χ3n) is 2.27. The van der Waals surface area contributed by atoms with Gasteiger partial charge in [-0.05, 0) is 40.1 Å². The first-order chi connectivity index (χ1) is 6.93. The van der Waals surface area contributed by atoms with Gasteiger partial charge in [0.15, 0.2) is 0 Å². The molecule has 3 aromatic rings. The zero-order valence-electron chi connectivity index (χ0n) is 7.40. The molecule has 1 aromatic carbocycles. The summed E-state index contributed by atoms with van der Waals surface area (Å²) >= 11 is 1.72. The van der Waals surface area contributed by atoms with Crippen LogP contribution in [0.5, 0.6) is 0 Å². The second kappa shape index (κ2) is 2.96. The minimum atomic E-state index is 1.02. The predicted octanol–water partition coefficient (Wildman–Crippen LogP) is 3.29. The van der Waals surface area contributed by atoms with Crippen molar-refractivity contribution in [1.29, 1.82) is 0 Å². The highest BCUT2D eigenvalue weighted by Crippen LogP contribution is 2.24. The van der Waals surface area contributed by atoms with Gasteiger partial charge in [0.25, 0.3) is 0 Å². The van der Waals surface area contributed by atoms with Crippen molar-refractivity contribution in [3.05, 3.63) is 41.4 Å². The maximum atomic E-state index is 4.19. The second-order valence-electron chi connectivity index (χ2n) is 3.15. The molecule has 0 amide bonds. The molecule has 2 aromatic heterocycles. The summed E-state index contributed by atoms with van der Waals surface area (Å²) in [6.07, 6.45) is 1.72. The van der Waals surface area contributed by atoms with Gasteiger partial charge in [0.05, 0.1) is 17.4 Å². The first-order valence-corrected chi connectivity index (χ1v) is 5.33. The molecule has 2 nitrogen and oxygen atoms in total. The fourth-order valence-corrected chi connectivity index (χ4v) is 2.21. The average molecular weight is 200 g/mol. The Morgan fingerprint density at radius 2 is 2.14 bits per heavy atom. The van der Waals surface area contributed by atoms with Gasteiger partial charge in [0, 0.05) is 0 Å². The van der Waals surface area contributed by atoms with Gasteiger partial charge >= 0.3 is 0 Å². The Hall–Kier alpha value is -1.61. The summed E-state index contributed by atoms with van der Waals surface area (Å²) in [5.41, 5.74) is 4.62. The molecule has 0 atom stereocenters. The molecule has 0 spiro atoms. The molecule has 68 valence electrons. The van der Waals surface area contributed by atoms with Crippen LogP contribution in [-0.2, 0) is 0 Å². The number of aromatic amines is 1. The fourth-order valence-electron chi connectivity index (χ4n) is 1.54. The zero-order chi connectivity index (χ0) is 9.38. The summed E-state index contributed by atoms with van der Waals surface area (Å²) in [6, 6.07) is 8.40. The highest BCUT2D eigenvalue weighted by molar-refractivity contribution is 7.08. The predicted molar refractivity (Wildman–Crippen MR) is 59.4 cm³/mol. The molecule has 0 radical (unpaired) electrons. The number of rotatable bonds is 1. The first kappa shape index (κ1) is 7.76. The van der Waals surface area contributed by atoms with E-state index in [9.17, 15) is 0 Å². The van der Waals surface area contributed by atoms with Crippen molar-refractivity contribution in [3.63, 3.8) is 0 Å². The number of nitrogens with zero attached hydrogens (tertiary/aromatic N) is 1. The van der Waals surface area contributed by atoms with Crippen LogP contribution < -0.4 is 0 Å². The van der Waals surface area contributed by atoms with Crippen LogP contribution in [0, 0.1) is 0 Å². The summed E-state index contributed by atoms with van der Waals surface area (Å²) in [7, 11) is 0. The zero-order valence-corrected chi connectivity index (χ0v) is 8.21. The van der Waals surface area contributed by atoms with Crippen molar-refractivity contribution < 1.29 is 0 Å². The van der Waals surface area contributed by atoms with E-state index >= 15 is 0 Å². The molecule has 2 heterocycles. The summed E-state index contributed by atoms with van der Waals surface area (Å²) in [5, 5.41) is 4.24. The lowest BCUT2D eigenvalue weighted by Gasteiger charge is -1.96. The normalized spacial score (nSPS) is 10.9. The number of H-pyrrole nitrogens is 1. The largest absolute Gasteiger partial charge is 0.345 e. The smallest absolute Gasteiger partial charge is 0.0931 e. The molecule has 3 heteroatoms. The molecule has 14 heavy (non-hydrogen) atoms. The Kier molecular flexibility index (Phi) is 1.64. The molecule has 3 rings (SSSR count). The summed E-state index contributed by atoms with van der Waals surface area (Å²) in [4.78, 5) is 7.30. The molecule has 0 saturated carbocycles. The molecule has 0 fully saturated rings. The third-order valence-corrected chi connectivity index (χ3v) is 2.96. The maximum absolute atomic E-state index is 4.19. The van der Waals surface area contributed by atoms with Crippen LogP contribution in [0.15, 0.2) is 41.4 Å². The lowest BCUT2D eigenvalue weighted by Crippen LogP contribution is -1.74. The SMILES string of the molecule is c1nc2ccc(-c3ccsc3)cc2[nH]1. The number of aromatic nitrogens is 2. The third kappa shape index (κ3) is 1.14. The number of fused-ring (bicyclic) bond motifs is 1. The topological polar surface area (TPSA) is 28.7 Å². The van der Waals surface area contributed by atoms with Crippen LogP contribution in [0.2, 0.25) is 0 Å². The van der Waals surface area contributed by atoms with Gasteiger partial charge in [-0.25, -0.2) is 4.98 Å². The summed E-state index contributed by atoms with van der Waals surface area (Å²) < 4.78 is 0. The Morgan fingerprint density at radius 1 is 1.14 bits per heavy atom. The van der Waals surface area contributed by atoms with E-state index in [4.69, 9.17) is 0 Å². The van der Waals surface area contributed by atoms with Gasteiger partial charge in [-0.1, -0.05) is 6.07 Å². The number of hydrogen-bond acceptors (Lipinski definition) is 2. The van der Waals surface area contributed by atoms with Crippen LogP contribution in [0.4, 0.5) is 0 Å². The fraction of sp³-hybridized carbons (Fsp3) is 0. The number of hydrogen-bond donors (Lipinski definition) is 1. The van der Waals surface area contributed by atoms with Gasteiger partial charge in [-0.15, -0.1) is 0 Å². The first-order valence-electron chi connectivity index (χ1n) is 4.39.